The number of hydrogen-bond donors (Lipinski definition) is 2. The van der Waals surface area contributed by atoms with E-state index in [9.17, 15) is 14.6 Å². The maximum Gasteiger partial charge on any atom is 0.167 e. The number of nitrogens with zero attached hydrogens (tertiary/aromatic N) is 2. The molecule has 0 saturated carbocycles. The average Bonchev–Trinajstić information content (AvgIpc) is 2.46. The van der Waals surface area contributed by atoms with Crippen LogP contribution in [-0.2, 0) is 0 Å². The summed E-state index contributed by atoms with van der Waals surface area (Å²) in [5.74, 6) is -0.446. The summed E-state index contributed by atoms with van der Waals surface area (Å²) in [6.07, 6.45) is -0.388. The first-order chi connectivity index (χ1) is 7.08. The maximum atomic E-state index is 13.4. The molecule has 2 unspecified atom stereocenters. The molecule has 2 N–H and O–H groups in total. The van der Waals surface area contributed by atoms with Crippen LogP contribution in [0.25, 0.3) is 0 Å². The highest BCUT2D eigenvalue weighted by molar-refractivity contribution is 6.30. The molecule has 0 radical (unpaired) electrons. The van der Waals surface area contributed by atoms with Crippen LogP contribution in [0.2, 0.25) is 5.02 Å². The van der Waals surface area contributed by atoms with Crippen LogP contribution in [0, 0.1) is 5.82 Å². The van der Waals surface area contributed by atoms with Crippen molar-refractivity contribution in [2.45, 2.75) is 12.2 Å². The van der Waals surface area contributed by atoms with Crippen LogP contribution in [0.3, 0.4) is 0 Å². The topological polar surface area (TPSA) is 56.6 Å². The lowest BCUT2D eigenvalue weighted by Crippen LogP contribution is -2.23. The molecule has 6 heteroatoms. The number of aliphatic hydroxyl groups excluding tert-OH is 2. The summed E-state index contributed by atoms with van der Waals surface area (Å²) in [4.78, 5) is 5.31. The highest BCUT2D eigenvalue weighted by Gasteiger charge is 2.31. The summed E-state index contributed by atoms with van der Waals surface area (Å²) in [7, 11) is 0. The first-order valence-corrected chi connectivity index (χ1v) is 4.88. The number of pyridine rings is 1. The molecule has 0 aromatic carbocycles. The van der Waals surface area contributed by atoms with Crippen LogP contribution in [0.1, 0.15) is 0 Å². The number of β-amino-alcohol motifs (C(OH)–C–C–N with tert-alkyl or cyclic N) is 2. The van der Waals surface area contributed by atoms with E-state index in [1.807, 2.05) is 0 Å². The minimum absolute atomic E-state index is 0.106. The van der Waals surface area contributed by atoms with Gasteiger partial charge in [0.2, 0.25) is 0 Å². The Morgan fingerprint density at radius 3 is 2.53 bits per heavy atom. The van der Waals surface area contributed by atoms with Gasteiger partial charge < -0.3 is 15.1 Å². The Morgan fingerprint density at radius 1 is 1.40 bits per heavy atom. The number of aliphatic hydroxyl groups is 2. The number of rotatable bonds is 1. The van der Waals surface area contributed by atoms with E-state index in [1.54, 1.807) is 0 Å². The van der Waals surface area contributed by atoms with Crippen LogP contribution in [0.15, 0.2) is 12.3 Å². The lowest BCUT2D eigenvalue weighted by atomic mass is 10.3. The van der Waals surface area contributed by atoms with Crippen molar-refractivity contribution in [2.24, 2.45) is 0 Å². The molecular formula is C9H10ClFN2O2. The monoisotopic (exact) mass is 232 g/mol. The predicted octanol–water partition coefficient (Wildman–Crippen LogP) is 0.416. The van der Waals surface area contributed by atoms with Gasteiger partial charge in [-0.15, -0.1) is 0 Å². The smallest absolute Gasteiger partial charge is 0.167 e. The lowest BCUT2D eigenvalue weighted by molar-refractivity contribution is 0.0572. The molecule has 1 aliphatic heterocycles. The van der Waals surface area contributed by atoms with Crippen molar-refractivity contribution in [2.75, 3.05) is 18.0 Å². The molecule has 0 aliphatic carbocycles. The first-order valence-electron chi connectivity index (χ1n) is 4.50. The zero-order valence-corrected chi connectivity index (χ0v) is 8.52. The highest BCUT2D eigenvalue weighted by atomic mass is 35.5. The van der Waals surface area contributed by atoms with E-state index in [1.165, 1.54) is 11.1 Å². The molecule has 0 amide bonds. The van der Waals surface area contributed by atoms with Gasteiger partial charge in [-0.3, -0.25) is 0 Å². The molecule has 1 aromatic heterocycles. The minimum atomic E-state index is -0.859. The van der Waals surface area contributed by atoms with Gasteiger partial charge in [0.1, 0.15) is 0 Å². The molecule has 1 aliphatic rings. The number of anilines is 1. The lowest BCUT2D eigenvalue weighted by Gasteiger charge is -2.16. The SMILES string of the molecule is OC1CN(c2ncc(Cl)cc2F)CC1O. The summed E-state index contributed by atoms with van der Waals surface area (Å²) < 4.78 is 13.4. The maximum absolute atomic E-state index is 13.4. The van der Waals surface area contributed by atoms with Gasteiger partial charge in [0.05, 0.1) is 17.2 Å². The van der Waals surface area contributed by atoms with Crippen molar-refractivity contribution in [3.05, 3.63) is 23.1 Å². The fraction of sp³-hybridized carbons (Fsp3) is 0.444. The zero-order chi connectivity index (χ0) is 11.0. The quantitative estimate of drug-likeness (QED) is 0.737. The van der Waals surface area contributed by atoms with Crippen LogP contribution in [0.4, 0.5) is 10.2 Å². The molecule has 0 spiro atoms. The van der Waals surface area contributed by atoms with Crippen molar-refractivity contribution in [1.82, 2.24) is 4.98 Å². The minimum Gasteiger partial charge on any atom is -0.389 e. The van der Waals surface area contributed by atoms with Crippen LogP contribution in [-0.4, -0.2) is 40.5 Å². The zero-order valence-electron chi connectivity index (χ0n) is 7.77. The van der Waals surface area contributed by atoms with E-state index >= 15 is 0 Å². The standard InChI is InChI=1S/C9H10ClFN2O2/c10-5-1-6(11)9(12-2-5)13-3-7(14)8(15)4-13/h1-2,7-8,14-15H,3-4H2. The molecule has 1 saturated heterocycles. The van der Waals surface area contributed by atoms with Gasteiger partial charge in [0.15, 0.2) is 11.6 Å². The van der Waals surface area contributed by atoms with Gasteiger partial charge in [0, 0.05) is 19.3 Å². The van der Waals surface area contributed by atoms with E-state index in [0.717, 1.165) is 6.07 Å². The van der Waals surface area contributed by atoms with E-state index in [4.69, 9.17) is 11.6 Å². The van der Waals surface area contributed by atoms with Gasteiger partial charge >= 0.3 is 0 Å². The van der Waals surface area contributed by atoms with Gasteiger partial charge in [0.25, 0.3) is 0 Å². The van der Waals surface area contributed by atoms with E-state index in [-0.39, 0.29) is 23.9 Å². The normalized spacial score (nSPS) is 26.0. The van der Waals surface area contributed by atoms with Gasteiger partial charge in [-0.05, 0) is 6.07 Å². The molecule has 15 heavy (non-hydrogen) atoms. The van der Waals surface area contributed by atoms with E-state index in [2.05, 4.69) is 4.98 Å². The third-order valence-corrected chi connectivity index (χ3v) is 2.55. The van der Waals surface area contributed by atoms with Crippen LogP contribution >= 0.6 is 11.6 Å². The Kier molecular flexibility index (Phi) is 2.77. The first kappa shape index (κ1) is 10.6. The number of aromatic nitrogens is 1. The van der Waals surface area contributed by atoms with Gasteiger partial charge in [-0.2, -0.15) is 0 Å². The number of hydrogen-bond acceptors (Lipinski definition) is 4. The summed E-state index contributed by atoms with van der Waals surface area (Å²) in [6.45, 7) is 0.347. The van der Waals surface area contributed by atoms with E-state index in [0.29, 0.717) is 0 Å². The van der Waals surface area contributed by atoms with Crippen LogP contribution in [0.5, 0.6) is 0 Å². The molecule has 1 aromatic rings. The van der Waals surface area contributed by atoms with Gasteiger partial charge in [-0.25, -0.2) is 9.37 Å². The molecule has 2 atom stereocenters. The summed E-state index contributed by atoms with van der Waals surface area (Å²) >= 11 is 5.56. The second-order valence-corrected chi connectivity index (χ2v) is 3.94. The summed E-state index contributed by atoms with van der Waals surface area (Å²) in [5.41, 5.74) is 0. The third kappa shape index (κ3) is 2.04. The second-order valence-electron chi connectivity index (χ2n) is 3.50. The van der Waals surface area contributed by atoms with Crippen molar-refractivity contribution in [3.8, 4) is 0 Å². The largest absolute Gasteiger partial charge is 0.389 e. The molecular weight excluding hydrogens is 223 g/mol. The third-order valence-electron chi connectivity index (χ3n) is 2.35. The Morgan fingerprint density at radius 2 is 2.00 bits per heavy atom. The Labute approximate surface area is 90.9 Å². The molecule has 0 bridgehead atoms. The molecule has 2 heterocycles. The Balaban J connectivity index is 2.24. The van der Waals surface area contributed by atoms with Crippen molar-refractivity contribution < 1.29 is 14.6 Å². The highest BCUT2D eigenvalue weighted by Crippen LogP contribution is 2.23. The van der Waals surface area contributed by atoms with Crippen molar-refractivity contribution in [1.29, 1.82) is 0 Å². The Hall–Kier alpha value is -0.910. The molecule has 4 nitrogen and oxygen atoms in total. The van der Waals surface area contributed by atoms with Gasteiger partial charge in [-0.1, -0.05) is 11.6 Å². The fourth-order valence-corrected chi connectivity index (χ4v) is 1.73. The summed E-state index contributed by atoms with van der Waals surface area (Å²) in [5, 5.41) is 18.8. The summed E-state index contributed by atoms with van der Waals surface area (Å²) in [6, 6.07) is 1.15. The Bertz CT molecular complexity index is 367. The predicted molar refractivity (Wildman–Crippen MR) is 53.4 cm³/mol. The molecule has 82 valence electrons. The average molecular weight is 233 g/mol. The fourth-order valence-electron chi connectivity index (χ4n) is 1.58. The van der Waals surface area contributed by atoms with Crippen molar-refractivity contribution in [3.63, 3.8) is 0 Å². The van der Waals surface area contributed by atoms with E-state index < -0.39 is 18.0 Å². The number of halogens is 2. The van der Waals surface area contributed by atoms with Crippen LogP contribution < -0.4 is 4.90 Å². The molecule has 2 rings (SSSR count). The molecule has 1 fully saturated rings. The van der Waals surface area contributed by atoms with Crippen molar-refractivity contribution >= 4 is 17.4 Å². The second kappa shape index (κ2) is 3.92.